The highest BCUT2D eigenvalue weighted by Gasteiger charge is 2.16. The number of pyridine rings is 1. The van der Waals surface area contributed by atoms with Crippen molar-refractivity contribution in [3.63, 3.8) is 0 Å². The zero-order valence-electron chi connectivity index (χ0n) is 8.08. The van der Waals surface area contributed by atoms with E-state index in [-0.39, 0.29) is 17.0 Å². The average Bonchev–Trinajstić information content (AvgIpc) is 2.76. The van der Waals surface area contributed by atoms with Crippen LogP contribution in [0, 0.1) is 0 Å². The highest BCUT2D eigenvalue weighted by Crippen LogP contribution is 2.24. The molecular weight excluding hydrogens is 210 g/mol. The van der Waals surface area contributed by atoms with E-state index in [0.29, 0.717) is 11.8 Å². The van der Waals surface area contributed by atoms with Crippen LogP contribution >= 0.6 is 0 Å². The first kappa shape index (κ1) is 10.1. The van der Waals surface area contributed by atoms with Crippen molar-refractivity contribution < 1.29 is 19.1 Å². The van der Waals surface area contributed by atoms with Gasteiger partial charge in [-0.05, 0) is 18.2 Å². The summed E-state index contributed by atoms with van der Waals surface area (Å²) < 4.78 is 4.90. The lowest BCUT2D eigenvalue weighted by Crippen LogP contribution is -2.01. The minimum absolute atomic E-state index is 0.0343. The first-order valence-corrected chi connectivity index (χ1v) is 4.45. The Kier molecular flexibility index (Phi) is 2.51. The van der Waals surface area contributed by atoms with Crippen LogP contribution in [-0.2, 0) is 0 Å². The predicted octanol–water partition coefficient (Wildman–Crippen LogP) is 1.85. The van der Waals surface area contributed by atoms with Crippen molar-refractivity contribution in [1.29, 1.82) is 0 Å². The highest BCUT2D eigenvalue weighted by atomic mass is 16.4. The third-order valence-corrected chi connectivity index (χ3v) is 2.10. The minimum atomic E-state index is -1.10. The van der Waals surface area contributed by atoms with Gasteiger partial charge in [0.1, 0.15) is 0 Å². The molecule has 0 saturated heterocycles. The number of carbonyl (C=O) groups is 2. The second-order valence-electron chi connectivity index (χ2n) is 3.02. The van der Waals surface area contributed by atoms with Crippen LogP contribution in [0.2, 0.25) is 0 Å². The van der Waals surface area contributed by atoms with Crippen LogP contribution in [0.25, 0.3) is 11.3 Å². The van der Waals surface area contributed by atoms with Gasteiger partial charge in [-0.15, -0.1) is 0 Å². The third kappa shape index (κ3) is 1.58. The first-order valence-electron chi connectivity index (χ1n) is 4.45. The standard InChI is InChI=1S/C11H7NO4/c13-6-9-7(3-5-16-9)10-8(11(14)15)2-1-4-12-10/h1-6H,(H,14,15). The van der Waals surface area contributed by atoms with Crippen LogP contribution < -0.4 is 0 Å². The number of carboxylic acid groups (broad SMARTS) is 1. The van der Waals surface area contributed by atoms with Gasteiger partial charge in [-0.1, -0.05) is 0 Å². The quantitative estimate of drug-likeness (QED) is 0.793. The van der Waals surface area contributed by atoms with E-state index in [1.165, 1.54) is 30.7 Å². The Morgan fingerprint density at radius 2 is 2.25 bits per heavy atom. The number of nitrogens with zero attached hydrogens (tertiary/aromatic N) is 1. The van der Waals surface area contributed by atoms with Crippen LogP contribution in [0.15, 0.2) is 35.1 Å². The van der Waals surface area contributed by atoms with Gasteiger partial charge in [-0.2, -0.15) is 0 Å². The van der Waals surface area contributed by atoms with E-state index in [4.69, 9.17) is 9.52 Å². The van der Waals surface area contributed by atoms with Gasteiger partial charge in [0.2, 0.25) is 0 Å². The molecule has 0 bridgehead atoms. The molecule has 0 atom stereocenters. The van der Waals surface area contributed by atoms with E-state index in [2.05, 4.69) is 4.98 Å². The summed E-state index contributed by atoms with van der Waals surface area (Å²) in [5.41, 5.74) is 0.644. The molecule has 0 aliphatic carbocycles. The zero-order valence-corrected chi connectivity index (χ0v) is 8.08. The van der Waals surface area contributed by atoms with Gasteiger partial charge in [0, 0.05) is 6.20 Å². The Morgan fingerprint density at radius 3 is 2.94 bits per heavy atom. The van der Waals surface area contributed by atoms with Gasteiger partial charge in [-0.3, -0.25) is 9.78 Å². The molecule has 16 heavy (non-hydrogen) atoms. The molecule has 0 aliphatic heterocycles. The molecule has 0 aromatic carbocycles. The molecule has 2 heterocycles. The summed E-state index contributed by atoms with van der Waals surface area (Å²) in [5, 5.41) is 8.97. The van der Waals surface area contributed by atoms with Crippen molar-refractivity contribution >= 4 is 12.3 Å². The zero-order chi connectivity index (χ0) is 11.5. The molecule has 5 heteroatoms. The summed E-state index contributed by atoms with van der Waals surface area (Å²) in [7, 11) is 0. The fourth-order valence-corrected chi connectivity index (χ4v) is 1.40. The first-order chi connectivity index (χ1) is 7.74. The van der Waals surface area contributed by atoms with E-state index in [1.54, 1.807) is 0 Å². The highest BCUT2D eigenvalue weighted by molar-refractivity contribution is 5.97. The fraction of sp³-hybridized carbons (Fsp3) is 0. The Balaban J connectivity index is 2.64. The van der Waals surface area contributed by atoms with Crippen LogP contribution in [0.1, 0.15) is 20.9 Å². The van der Waals surface area contributed by atoms with Crippen LogP contribution in [0.3, 0.4) is 0 Å². The molecule has 2 aromatic heterocycles. The number of hydrogen-bond donors (Lipinski definition) is 1. The number of aromatic carboxylic acids is 1. The maximum Gasteiger partial charge on any atom is 0.337 e. The second-order valence-corrected chi connectivity index (χ2v) is 3.02. The molecule has 1 N–H and O–H groups in total. The summed E-state index contributed by atoms with van der Waals surface area (Å²) in [6, 6.07) is 4.46. The van der Waals surface area contributed by atoms with Gasteiger partial charge in [0.25, 0.3) is 0 Å². The van der Waals surface area contributed by atoms with Crippen LogP contribution in [0.4, 0.5) is 0 Å². The number of aldehydes is 1. The lowest BCUT2D eigenvalue weighted by atomic mass is 10.1. The lowest BCUT2D eigenvalue weighted by molar-refractivity contribution is 0.0697. The monoisotopic (exact) mass is 217 g/mol. The van der Waals surface area contributed by atoms with Gasteiger partial charge in [0.05, 0.1) is 23.1 Å². The molecule has 80 valence electrons. The Labute approximate surface area is 90.3 Å². The van der Waals surface area contributed by atoms with Crippen molar-refractivity contribution in [3.05, 3.63) is 42.0 Å². The van der Waals surface area contributed by atoms with Gasteiger partial charge < -0.3 is 9.52 Å². The SMILES string of the molecule is O=Cc1occc1-c1ncccc1C(=O)O. The van der Waals surface area contributed by atoms with Crippen molar-refractivity contribution in [2.75, 3.05) is 0 Å². The number of furan rings is 1. The number of rotatable bonds is 3. The number of carboxylic acids is 1. The molecule has 0 radical (unpaired) electrons. The number of carbonyl (C=O) groups excluding carboxylic acids is 1. The largest absolute Gasteiger partial charge is 0.478 e. The van der Waals surface area contributed by atoms with Crippen molar-refractivity contribution in [2.24, 2.45) is 0 Å². The Morgan fingerprint density at radius 1 is 1.44 bits per heavy atom. The van der Waals surface area contributed by atoms with Crippen molar-refractivity contribution in [2.45, 2.75) is 0 Å². The summed E-state index contributed by atoms with van der Waals surface area (Å²) in [6.45, 7) is 0. The fourth-order valence-electron chi connectivity index (χ4n) is 1.40. The Hall–Kier alpha value is -2.43. The maximum absolute atomic E-state index is 11.0. The van der Waals surface area contributed by atoms with E-state index >= 15 is 0 Å². The van der Waals surface area contributed by atoms with E-state index in [0.717, 1.165) is 0 Å². The molecule has 0 spiro atoms. The molecule has 0 fully saturated rings. The van der Waals surface area contributed by atoms with Gasteiger partial charge in [-0.25, -0.2) is 4.79 Å². The predicted molar refractivity (Wildman–Crippen MR) is 54.3 cm³/mol. The maximum atomic E-state index is 11.0. The average molecular weight is 217 g/mol. The summed E-state index contributed by atoms with van der Waals surface area (Å²) in [6.07, 6.45) is 3.30. The molecule has 0 aliphatic rings. The molecule has 0 amide bonds. The molecule has 0 saturated carbocycles. The van der Waals surface area contributed by atoms with Gasteiger partial charge in [0.15, 0.2) is 12.0 Å². The topological polar surface area (TPSA) is 80.4 Å². The molecule has 5 nitrogen and oxygen atoms in total. The molecular formula is C11H7NO4. The van der Waals surface area contributed by atoms with E-state index in [9.17, 15) is 9.59 Å². The number of aromatic nitrogens is 1. The second kappa shape index (κ2) is 3.98. The third-order valence-electron chi connectivity index (χ3n) is 2.10. The molecule has 2 rings (SSSR count). The smallest absolute Gasteiger partial charge is 0.337 e. The Bertz CT molecular complexity index is 544. The summed E-state index contributed by atoms with van der Waals surface area (Å²) in [5.74, 6) is -1.03. The van der Waals surface area contributed by atoms with E-state index in [1.807, 2.05) is 0 Å². The van der Waals surface area contributed by atoms with Crippen molar-refractivity contribution in [3.8, 4) is 11.3 Å². The summed E-state index contributed by atoms with van der Waals surface area (Å²) in [4.78, 5) is 25.6. The van der Waals surface area contributed by atoms with Crippen LogP contribution in [-0.4, -0.2) is 22.3 Å². The normalized spacial score (nSPS) is 10.0. The summed E-state index contributed by atoms with van der Waals surface area (Å²) >= 11 is 0. The molecule has 2 aromatic rings. The van der Waals surface area contributed by atoms with Crippen LogP contribution in [0.5, 0.6) is 0 Å². The van der Waals surface area contributed by atoms with Gasteiger partial charge >= 0.3 is 5.97 Å². The molecule has 0 unspecified atom stereocenters. The minimum Gasteiger partial charge on any atom is -0.478 e. The number of hydrogen-bond acceptors (Lipinski definition) is 4. The van der Waals surface area contributed by atoms with E-state index < -0.39 is 5.97 Å². The lowest BCUT2D eigenvalue weighted by Gasteiger charge is -2.02. The van der Waals surface area contributed by atoms with Crippen molar-refractivity contribution in [1.82, 2.24) is 4.98 Å².